The van der Waals surface area contributed by atoms with Crippen LogP contribution in [-0.2, 0) is 6.54 Å². The molecule has 0 aliphatic rings. The Kier molecular flexibility index (Phi) is 3.09. The first-order valence-corrected chi connectivity index (χ1v) is 5.73. The maximum absolute atomic E-state index is 4.30. The Morgan fingerprint density at radius 1 is 1.31 bits per heavy atom. The van der Waals surface area contributed by atoms with E-state index in [1.807, 2.05) is 10.9 Å². The largest absolute Gasteiger partial charge is 0.268 e. The normalized spacial score (nSPS) is 11.0. The third-order valence-corrected chi connectivity index (χ3v) is 2.72. The molecule has 0 spiro atoms. The molecule has 0 bridgehead atoms. The fourth-order valence-electron chi connectivity index (χ4n) is 1.79. The van der Waals surface area contributed by atoms with Gasteiger partial charge in [0.15, 0.2) is 0 Å². The Morgan fingerprint density at radius 3 is 2.75 bits per heavy atom. The second kappa shape index (κ2) is 4.52. The van der Waals surface area contributed by atoms with Gasteiger partial charge in [0.05, 0.1) is 12.7 Å². The molecule has 0 fully saturated rings. The molecular weight excluding hydrogens is 196 g/mol. The van der Waals surface area contributed by atoms with Crippen molar-refractivity contribution in [3.63, 3.8) is 0 Å². The topological polar surface area (TPSA) is 17.8 Å². The zero-order valence-corrected chi connectivity index (χ0v) is 10.1. The number of aryl methyl sites for hydroxylation is 1. The van der Waals surface area contributed by atoms with E-state index >= 15 is 0 Å². The number of hydrogen-bond donors (Lipinski definition) is 0. The summed E-state index contributed by atoms with van der Waals surface area (Å²) in [5, 5.41) is 4.30. The van der Waals surface area contributed by atoms with Crippen LogP contribution in [0.5, 0.6) is 0 Å². The Bertz CT molecular complexity index is 469. The van der Waals surface area contributed by atoms with E-state index in [0.717, 1.165) is 6.54 Å². The molecule has 2 nitrogen and oxygen atoms in total. The smallest absolute Gasteiger partial charge is 0.0659 e. The van der Waals surface area contributed by atoms with Gasteiger partial charge < -0.3 is 0 Å². The standard InChI is InChI=1S/C14H18N2/c1-11(2)14-6-4-5-13(7-14)10-16-9-12(3)8-15-16/h4-9,11H,10H2,1-3H3. The summed E-state index contributed by atoms with van der Waals surface area (Å²) in [7, 11) is 0. The van der Waals surface area contributed by atoms with E-state index in [9.17, 15) is 0 Å². The molecule has 2 aromatic rings. The second-order valence-corrected chi connectivity index (χ2v) is 4.62. The summed E-state index contributed by atoms with van der Waals surface area (Å²) in [5.74, 6) is 0.583. The van der Waals surface area contributed by atoms with Crippen LogP contribution < -0.4 is 0 Å². The predicted molar refractivity (Wildman–Crippen MR) is 66.6 cm³/mol. The van der Waals surface area contributed by atoms with Gasteiger partial charge in [-0.1, -0.05) is 38.1 Å². The summed E-state index contributed by atoms with van der Waals surface area (Å²) < 4.78 is 1.98. The number of aromatic nitrogens is 2. The van der Waals surface area contributed by atoms with Gasteiger partial charge >= 0.3 is 0 Å². The van der Waals surface area contributed by atoms with Crippen molar-refractivity contribution in [1.82, 2.24) is 9.78 Å². The molecule has 0 saturated carbocycles. The van der Waals surface area contributed by atoms with Gasteiger partial charge in [-0.05, 0) is 29.5 Å². The fraction of sp³-hybridized carbons (Fsp3) is 0.357. The lowest BCUT2D eigenvalue weighted by Gasteiger charge is -2.08. The molecule has 0 amide bonds. The molecule has 2 rings (SSSR count). The number of rotatable bonds is 3. The van der Waals surface area contributed by atoms with Crippen LogP contribution in [-0.4, -0.2) is 9.78 Å². The van der Waals surface area contributed by atoms with Crippen LogP contribution in [0.4, 0.5) is 0 Å². The highest BCUT2D eigenvalue weighted by molar-refractivity contribution is 5.25. The van der Waals surface area contributed by atoms with Gasteiger partial charge in [0.1, 0.15) is 0 Å². The number of nitrogens with zero attached hydrogens (tertiary/aromatic N) is 2. The van der Waals surface area contributed by atoms with Gasteiger partial charge in [-0.2, -0.15) is 5.10 Å². The maximum Gasteiger partial charge on any atom is 0.0659 e. The van der Waals surface area contributed by atoms with Crippen molar-refractivity contribution in [2.45, 2.75) is 33.2 Å². The molecule has 1 aromatic heterocycles. The average molecular weight is 214 g/mol. The van der Waals surface area contributed by atoms with Gasteiger partial charge in [0, 0.05) is 6.20 Å². The number of benzene rings is 1. The fourth-order valence-corrected chi connectivity index (χ4v) is 1.79. The van der Waals surface area contributed by atoms with Crippen molar-refractivity contribution in [3.8, 4) is 0 Å². The lowest BCUT2D eigenvalue weighted by molar-refractivity contribution is 0.684. The molecule has 0 unspecified atom stereocenters. The molecule has 0 saturated heterocycles. The highest BCUT2D eigenvalue weighted by atomic mass is 15.3. The van der Waals surface area contributed by atoms with E-state index in [1.54, 1.807) is 0 Å². The summed E-state index contributed by atoms with van der Waals surface area (Å²) >= 11 is 0. The van der Waals surface area contributed by atoms with Crippen LogP contribution in [0, 0.1) is 6.92 Å². The van der Waals surface area contributed by atoms with Crippen molar-refractivity contribution in [2.24, 2.45) is 0 Å². The Balaban J connectivity index is 2.18. The van der Waals surface area contributed by atoms with Gasteiger partial charge in [-0.15, -0.1) is 0 Å². The Morgan fingerprint density at radius 2 is 2.12 bits per heavy atom. The van der Waals surface area contributed by atoms with Crippen LogP contribution in [0.3, 0.4) is 0 Å². The molecule has 84 valence electrons. The minimum absolute atomic E-state index is 0.583. The minimum Gasteiger partial charge on any atom is -0.268 e. The van der Waals surface area contributed by atoms with Crippen LogP contribution in [0.15, 0.2) is 36.7 Å². The van der Waals surface area contributed by atoms with Gasteiger partial charge in [-0.3, -0.25) is 4.68 Å². The lowest BCUT2D eigenvalue weighted by Crippen LogP contribution is -2.00. The zero-order chi connectivity index (χ0) is 11.5. The summed E-state index contributed by atoms with van der Waals surface area (Å²) in [5.41, 5.74) is 3.91. The van der Waals surface area contributed by atoms with Crippen LogP contribution >= 0.6 is 0 Å². The SMILES string of the molecule is Cc1cnn(Cc2cccc(C(C)C)c2)c1. The summed E-state index contributed by atoms with van der Waals surface area (Å²) in [4.78, 5) is 0. The van der Waals surface area contributed by atoms with Crippen LogP contribution in [0.2, 0.25) is 0 Å². The van der Waals surface area contributed by atoms with Gasteiger partial charge in [0.2, 0.25) is 0 Å². The summed E-state index contributed by atoms with van der Waals surface area (Å²) in [6.45, 7) is 7.36. The predicted octanol–water partition coefficient (Wildman–Crippen LogP) is 3.36. The van der Waals surface area contributed by atoms with Crippen molar-refractivity contribution < 1.29 is 0 Å². The highest BCUT2D eigenvalue weighted by Gasteiger charge is 2.01. The van der Waals surface area contributed by atoms with Crippen LogP contribution in [0.25, 0.3) is 0 Å². The van der Waals surface area contributed by atoms with E-state index in [0.29, 0.717) is 5.92 Å². The van der Waals surface area contributed by atoms with Crippen molar-refractivity contribution in [2.75, 3.05) is 0 Å². The first-order chi connectivity index (χ1) is 7.65. The first kappa shape index (κ1) is 10.9. The monoisotopic (exact) mass is 214 g/mol. The van der Waals surface area contributed by atoms with Crippen molar-refractivity contribution >= 4 is 0 Å². The van der Waals surface area contributed by atoms with E-state index < -0.39 is 0 Å². The Hall–Kier alpha value is -1.57. The molecule has 0 aliphatic carbocycles. The summed E-state index contributed by atoms with van der Waals surface area (Å²) in [6.07, 6.45) is 3.97. The van der Waals surface area contributed by atoms with Crippen molar-refractivity contribution in [1.29, 1.82) is 0 Å². The molecular formula is C14H18N2. The van der Waals surface area contributed by atoms with Gasteiger partial charge in [-0.25, -0.2) is 0 Å². The molecule has 1 heterocycles. The molecule has 1 aromatic carbocycles. The van der Waals surface area contributed by atoms with E-state index in [4.69, 9.17) is 0 Å². The van der Waals surface area contributed by atoms with Crippen LogP contribution in [0.1, 0.15) is 36.5 Å². The summed E-state index contributed by atoms with van der Waals surface area (Å²) in [6, 6.07) is 8.73. The first-order valence-electron chi connectivity index (χ1n) is 5.73. The molecule has 0 radical (unpaired) electrons. The zero-order valence-electron chi connectivity index (χ0n) is 10.1. The highest BCUT2D eigenvalue weighted by Crippen LogP contribution is 2.16. The number of hydrogen-bond acceptors (Lipinski definition) is 1. The lowest BCUT2D eigenvalue weighted by atomic mass is 10.0. The quantitative estimate of drug-likeness (QED) is 0.766. The van der Waals surface area contributed by atoms with E-state index in [1.165, 1.54) is 16.7 Å². The van der Waals surface area contributed by atoms with Gasteiger partial charge in [0.25, 0.3) is 0 Å². The molecule has 0 N–H and O–H groups in total. The average Bonchev–Trinajstić information content (AvgIpc) is 2.64. The molecule has 16 heavy (non-hydrogen) atoms. The van der Waals surface area contributed by atoms with E-state index in [-0.39, 0.29) is 0 Å². The molecule has 0 aliphatic heterocycles. The minimum atomic E-state index is 0.583. The molecule has 2 heteroatoms. The third-order valence-electron chi connectivity index (χ3n) is 2.72. The van der Waals surface area contributed by atoms with E-state index in [2.05, 4.69) is 56.3 Å². The Labute approximate surface area is 96.9 Å². The second-order valence-electron chi connectivity index (χ2n) is 4.62. The molecule has 0 atom stereocenters. The maximum atomic E-state index is 4.30. The third kappa shape index (κ3) is 2.51. The van der Waals surface area contributed by atoms with Crippen molar-refractivity contribution in [3.05, 3.63) is 53.3 Å².